The Hall–Kier alpha value is -0.980. The smallest absolute Gasteiger partial charge is 0.163 e. The first-order valence-electron chi connectivity index (χ1n) is 6.13. The average Bonchev–Trinajstić information content (AvgIpc) is 2.86. The van der Waals surface area contributed by atoms with Gasteiger partial charge in [-0.3, -0.25) is 0 Å². The molecule has 20 heavy (non-hydrogen) atoms. The van der Waals surface area contributed by atoms with Crippen molar-refractivity contribution < 1.29 is 0 Å². The van der Waals surface area contributed by atoms with E-state index in [1.54, 1.807) is 11.3 Å². The molecule has 3 rings (SSSR count). The second-order valence-corrected chi connectivity index (χ2v) is 7.43. The molecule has 0 unspecified atom stereocenters. The molecule has 0 atom stereocenters. The van der Waals surface area contributed by atoms with Crippen LogP contribution >= 0.6 is 43.2 Å². The van der Waals surface area contributed by atoms with Gasteiger partial charge in [-0.1, -0.05) is 15.9 Å². The minimum absolute atomic E-state index is 0.748. The quantitative estimate of drug-likeness (QED) is 0.632. The van der Waals surface area contributed by atoms with Crippen molar-refractivity contribution in [1.29, 1.82) is 0 Å². The van der Waals surface area contributed by atoms with E-state index in [4.69, 9.17) is 0 Å². The lowest BCUT2D eigenvalue weighted by Gasteiger charge is -2.09. The number of thiophene rings is 1. The first-order valence-corrected chi connectivity index (χ1v) is 8.59. The molecule has 0 fully saturated rings. The van der Waals surface area contributed by atoms with Gasteiger partial charge in [-0.05, 0) is 47.1 Å². The zero-order valence-electron chi connectivity index (χ0n) is 10.7. The van der Waals surface area contributed by atoms with E-state index in [-0.39, 0.29) is 0 Å². The number of benzene rings is 1. The van der Waals surface area contributed by atoms with E-state index in [1.807, 2.05) is 24.3 Å². The van der Waals surface area contributed by atoms with Gasteiger partial charge in [0, 0.05) is 27.3 Å². The van der Waals surface area contributed by atoms with Crippen LogP contribution in [0.15, 0.2) is 37.9 Å². The third-order valence-corrected chi connectivity index (χ3v) is 4.83. The summed E-state index contributed by atoms with van der Waals surface area (Å²) in [4.78, 5) is 9.31. The molecular weight excluding hydrogens is 402 g/mol. The minimum atomic E-state index is 0.748. The van der Waals surface area contributed by atoms with Crippen LogP contribution in [0.5, 0.6) is 0 Å². The molecular formula is C14H11Br2N3S. The van der Waals surface area contributed by atoms with Gasteiger partial charge in [-0.15, -0.1) is 11.3 Å². The van der Waals surface area contributed by atoms with Gasteiger partial charge in [0.1, 0.15) is 5.82 Å². The zero-order chi connectivity index (χ0) is 14.1. The van der Waals surface area contributed by atoms with E-state index in [0.29, 0.717) is 0 Å². The summed E-state index contributed by atoms with van der Waals surface area (Å²) >= 11 is 8.61. The molecule has 0 aliphatic heterocycles. The van der Waals surface area contributed by atoms with Gasteiger partial charge >= 0.3 is 0 Å². The fourth-order valence-electron chi connectivity index (χ4n) is 1.96. The van der Waals surface area contributed by atoms with Crippen molar-refractivity contribution >= 4 is 59.9 Å². The molecule has 0 radical (unpaired) electrons. The first kappa shape index (κ1) is 14.0. The molecule has 0 saturated heterocycles. The molecule has 2 heterocycles. The number of rotatable bonds is 3. The Balaban J connectivity index is 2.22. The van der Waals surface area contributed by atoms with Crippen LogP contribution in [0.1, 0.15) is 6.92 Å². The summed E-state index contributed by atoms with van der Waals surface area (Å²) in [6.07, 6.45) is 0. The van der Waals surface area contributed by atoms with Crippen LogP contribution in [-0.4, -0.2) is 16.5 Å². The number of fused-ring (bicyclic) bond motifs is 1. The standard InChI is InChI=1S/C14H11Br2N3S/c1-2-17-14-10-6-9(15)3-4-11(10)18-13(19-14)8-5-12(16)20-7-8/h3-7H,2H2,1H3,(H,17,18,19). The number of nitrogens with zero attached hydrogens (tertiary/aromatic N) is 2. The molecule has 0 saturated carbocycles. The van der Waals surface area contributed by atoms with Crippen molar-refractivity contribution in [3.8, 4) is 11.4 Å². The topological polar surface area (TPSA) is 37.8 Å². The van der Waals surface area contributed by atoms with Gasteiger partial charge in [0.15, 0.2) is 5.82 Å². The van der Waals surface area contributed by atoms with Crippen LogP contribution < -0.4 is 5.32 Å². The highest BCUT2D eigenvalue weighted by Crippen LogP contribution is 2.31. The molecule has 102 valence electrons. The average molecular weight is 413 g/mol. The lowest BCUT2D eigenvalue weighted by Crippen LogP contribution is -2.02. The molecule has 3 aromatic rings. The fraction of sp³-hybridized carbons (Fsp3) is 0.143. The number of nitrogens with one attached hydrogen (secondary N) is 1. The summed E-state index contributed by atoms with van der Waals surface area (Å²) in [5.74, 6) is 1.62. The summed E-state index contributed by atoms with van der Waals surface area (Å²) in [6.45, 7) is 2.89. The van der Waals surface area contributed by atoms with Crippen LogP contribution in [0.4, 0.5) is 5.82 Å². The summed E-state index contributed by atoms with van der Waals surface area (Å²) in [5, 5.41) is 6.40. The highest BCUT2D eigenvalue weighted by atomic mass is 79.9. The maximum absolute atomic E-state index is 4.66. The van der Waals surface area contributed by atoms with E-state index >= 15 is 0 Å². The van der Waals surface area contributed by atoms with Crippen LogP contribution in [0.25, 0.3) is 22.3 Å². The highest BCUT2D eigenvalue weighted by molar-refractivity contribution is 9.11. The highest BCUT2D eigenvalue weighted by Gasteiger charge is 2.10. The van der Waals surface area contributed by atoms with E-state index < -0.39 is 0 Å². The molecule has 2 aromatic heterocycles. The first-order chi connectivity index (χ1) is 9.67. The van der Waals surface area contributed by atoms with Crippen LogP contribution in [0, 0.1) is 0 Å². The number of aromatic nitrogens is 2. The Morgan fingerprint density at radius 1 is 1.20 bits per heavy atom. The normalized spacial score (nSPS) is 10.9. The summed E-state index contributed by atoms with van der Waals surface area (Å²) in [5.41, 5.74) is 1.97. The second-order valence-electron chi connectivity index (χ2n) is 4.23. The van der Waals surface area contributed by atoms with Gasteiger partial charge < -0.3 is 5.32 Å². The maximum atomic E-state index is 4.66. The largest absolute Gasteiger partial charge is 0.370 e. The van der Waals surface area contributed by atoms with Crippen molar-refractivity contribution in [2.75, 3.05) is 11.9 Å². The Bertz CT molecular complexity index is 770. The molecule has 3 nitrogen and oxygen atoms in total. The van der Waals surface area contributed by atoms with E-state index in [9.17, 15) is 0 Å². The number of halogens is 2. The van der Waals surface area contributed by atoms with Crippen LogP contribution in [0.2, 0.25) is 0 Å². The van der Waals surface area contributed by atoms with Gasteiger partial charge in [-0.2, -0.15) is 0 Å². The zero-order valence-corrected chi connectivity index (χ0v) is 14.6. The number of hydrogen-bond donors (Lipinski definition) is 1. The molecule has 0 aliphatic carbocycles. The van der Waals surface area contributed by atoms with Gasteiger partial charge in [0.05, 0.1) is 9.30 Å². The molecule has 0 bridgehead atoms. The molecule has 0 aliphatic rings. The maximum Gasteiger partial charge on any atom is 0.163 e. The Labute approximate surface area is 137 Å². The third kappa shape index (κ3) is 2.73. The Kier molecular flexibility index (Phi) is 4.05. The van der Waals surface area contributed by atoms with Crippen molar-refractivity contribution in [3.05, 3.63) is 37.9 Å². The van der Waals surface area contributed by atoms with Crippen molar-refractivity contribution in [3.63, 3.8) is 0 Å². The lowest BCUT2D eigenvalue weighted by atomic mass is 10.2. The predicted molar refractivity (Wildman–Crippen MR) is 92.4 cm³/mol. The van der Waals surface area contributed by atoms with Crippen molar-refractivity contribution in [1.82, 2.24) is 9.97 Å². The molecule has 1 aromatic carbocycles. The molecule has 1 N–H and O–H groups in total. The van der Waals surface area contributed by atoms with E-state index in [2.05, 4.69) is 59.4 Å². The lowest BCUT2D eigenvalue weighted by molar-refractivity contribution is 1.15. The SMILES string of the molecule is CCNc1nc(-c2csc(Br)c2)nc2ccc(Br)cc12. The summed E-state index contributed by atoms with van der Waals surface area (Å²) < 4.78 is 2.11. The number of hydrogen-bond acceptors (Lipinski definition) is 4. The second kappa shape index (κ2) is 5.79. The van der Waals surface area contributed by atoms with Crippen LogP contribution in [-0.2, 0) is 0 Å². The summed E-state index contributed by atoms with van der Waals surface area (Å²) in [7, 11) is 0. The Morgan fingerprint density at radius 3 is 2.75 bits per heavy atom. The van der Waals surface area contributed by atoms with Gasteiger partial charge in [0.25, 0.3) is 0 Å². The van der Waals surface area contributed by atoms with E-state index in [1.165, 1.54) is 0 Å². The summed E-state index contributed by atoms with van der Waals surface area (Å²) in [6, 6.07) is 8.09. The predicted octanol–water partition coefficient (Wildman–Crippen LogP) is 5.32. The monoisotopic (exact) mass is 411 g/mol. The van der Waals surface area contributed by atoms with Crippen molar-refractivity contribution in [2.24, 2.45) is 0 Å². The Morgan fingerprint density at radius 2 is 2.05 bits per heavy atom. The van der Waals surface area contributed by atoms with Gasteiger partial charge in [-0.25, -0.2) is 9.97 Å². The molecule has 0 amide bonds. The minimum Gasteiger partial charge on any atom is -0.370 e. The molecule has 0 spiro atoms. The fourth-order valence-corrected chi connectivity index (χ4v) is 3.46. The molecule has 6 heteroatoms. The van der Waals surface area contributed by atoms with Crippen molar-refractivity contribution in [2.45, 2.75) is 6.92 Å². The third-order valence-electron chi connectivity index (χ3n) is 2.83. The van der Waals surface area contributed by atoms with Crippen LogP contribution in [0.3, 0.4) is 0 Å². The number of anilines is 1. The van der Waals surface area contributed by atoms with Gasteiger partial charge in [0.2, 0.25) is 0 Å². The van der Waals surface area contributed by atoms with E-state index in [0.717, 1.165) is 42.9 Å².